The molecule has 2 aromatic carbocycles. The number of sulfonamides is 1. The highest BCUT2D eigenvalue weighted by Crippen LogP contribution is 2.21. The molecule has 0 aliphatic carbocycles. The Bertz CT molecular complexity index is 918. The molecule has 0 aliphatic rings. The fraction of sp³-hybridized carbons (Fsp3) is 0.409. The third kappa shape index (κ3) is 6.39. The van der Waals surface area contributed by atoms with Crippen LogP contribution in [0.4, 0.5) is 0 Å². The van der Waals surface area contributed by atoms with Gasteiger partial charge >= 0.3 is 0 Å². The molecule has 6 nitrogen and oxygen atoms in total. The van der Waals surface area contributed by atoms with E-state index in [1.54, 1.807) is 13.8 Å². The van der Waals surface area contributed by atoms with E-state index in [1.165, 1.54) is 0 Å². The third-order valence-electron chi connectivity index (χ3n) is 4.82. The third-order valence-corrected chi connectivity index (χ3v) is 6.58. The lowest BCUT2D eigenvalue weighted by Crippen LogP contribution is -2.36. The molecule has 0 heterocycles. The van der Waals surface area contributed by atoms with Crippen LogP contribution < -0.4 is 10.0 Å². The molecule has 0 aliphatic heterocycles. The molecule has 0 saturated heterocycles. The first-order valence-corrected chi connectivity index (χ1v) is 11.2. The van der Waals surface area contributed by atoms with E-state index in [0.717, 1.165) is 11.1 Å². The van der Waals surface area contributed by atoms with Crippen LogP contribution in [-0.4, -0.2) is 46.4 Å². The highest BCUT2D eigenvalue weighted by Gasteiger charge is 2.20. The summed E-state index contributed by atoms with van der Waals surface area (Å²) in [4.78, 5) is 14.6. The second-order valence-electron chi connectivity index (χ2n) is 7.57. The van der Waals surface area contributed by atoms with Gasteiger partial charge in [-0.2, -0.15) is 0 Å². The van der Waals surface area contributed by atoms with E-state index in [9.17, 15) is 13.2 Å². The monoisotopic (exact) mass is 417 g/mol. The summed E-state index contributed by atoms with van der Waals surface area (Å²) >= 11 is 0. The molecule has 0 saturated carbocycles. The average molecular weight is 418 g/mol. The van der Waals surface area contributed by atoms with Crippen LogP contribution in [0.2, 0.25) is 0 Å². The number of nitrogens with zero attached hydrogens (tertiary/aromatic N) is 1. The van der Waals surface area contributed by atoms with Crippen LogP contribution >= 0.6 is 0 Å². The number of hydrogen-bond acceptors (Lipinski definition) is 4. The Morgan fingerprint density at radius 3 is 2.17 bits per heavy atom. The van der Waals surface area contributed by atoms with E-state index in [-0.39, 0.29) is 24.9 Å². The Balaban J connectivity index is 1.91. The molecule has 0 bridgehead atoms. The summed E-state index contributed by atoms with van der Waals surface area (Å²) in [5.74, 6) is -0.187. The van der Waals surface area contributed by atoms with Gasteiger partial charge in [-0.3, -0.25) is 4.79 Å². The van der Waals surface area contributed by atoms with Crippen molar-refractivity contribution in [3.05, 3.63) is 64.7 Å². The number of carbonyl (C=O) groups is 1. The quantitative estimate of drug-likeness (QED) is 0.658. The van der Waals surface area contributed by atoms with Crippen LogP contribution in [0.15, 0.2) is 47.4 Å². The maximum absolute atomic E-state index is 12.7. The average Bonchev–Trinajstić information content (AvgIpc) is 2.61. The number of aryl methyl sites for hydroxylation is 3. The maximum Gasteiger partial charge on any atom is 0.241 e. The Morgan fingerprint density at radius 2 is 1.62 bits per heavy atom. The zero-order valence-corrected chi connectivity index (χ0v) is 18.6. The van der Waals surface area contributed by atoms with Crippen molar-refractivity contribution in [2.75, 3.05) is 27.2 Å². The van der Waals surface area contributed by atoms with E-state index < -0.39 is 10.0 Å². The summed E-state index contributed by atoms with van der Waals surface area (Å²) < 4.78 is 27.9. The van der Waals surface area contributed by atoms with Gasteiger partial charge in [0, 0.05) is 19.5 Å². The van der Waals surface area contributed by atoms with Gasteiger partial charge in [0.25, 0.3) is 0 Å². The minimum absolute atomic E-state index is 0.0506. The molecule has 29 heavy (non-hydrogen) atoms. The lowest BCUT2D eigenvalue weighted by atomic mass is 10.1. The van der Waals surface area contributed by atoms with Gasteiger partial charge in [0.05, 0.1) is 10.9 Å². The summed E-state index contributed by atoms with van der Waals surface area (Å²) in [6.07, 6.45) is 0.0815. The molecular formula is C22H31N3O3S. The highest BCUT2D eigenvalue weighted by atomic mass is 32.2. The van der Waals surface area contributed by atoms with Gasteiger partial charge < -0.3 is 10.2 Å². The molecule has 7 heteroatoms. The summed E-state index contributed by atoms with van der Waals surface area (Å²) in [7, 11) is 0.265. The molecule has 2 rings (SSSR count). The van der Waals surface area contributed by atoms with E-state index >= 15 is 0 Å². The topological polar surface area (TPSA) is 78.5 Å². The van der Waals surface area contributed by atoms with E-state index in [4.69, 9.17) is 0 Å². The zero-order chi connectivity index (χ0) is 21.6. The molecular weight excluding hydrogens is 386 g/mol. The van der Waals surface area contributed by atoms with Crippen LogP contribution in [0.1, 0.15) is 34.7 Å². The molecule has 1 amide bonds. The SMILES string of the molecule is Cc1cc(C)c(S(=O)(=O)NCCC(=O)NCC(c2ccccc2)N(C)C)c(C)c1. The highest BCUT2D eigenvalue weighted by molar-refractivity contribution is 7.89. The first-order chi connectivity index (χ1) is 13.6. The van der Waals surface area contributed by atoms with E-state index in [0.29, 0.717) is 22.6 Å². The fourth-order valence-electron chi connectivity index (χ4n) is 3.53. The second-order valence-corrected chi connectivity index (χ2v) is 9.27. The smallest absolute Gasteiger partial charge is 0.241 e. The van der Waals surface area contributed by atoms with Crippen LogP contribution in [0, 0.1) is 20.8 Å². The van der Waals surface area contributed by atoms with Crippen molar-refractivity contribution >= 4 is 15.9 Å². The number of nitrogens with one attached hydrogen (secondary N) is 2. The molecule has 0 aromatic heterocycles. The molecule has 0 radical (unpaired) electrons. The van der Waals surface area contributed by atoms with E-state index in [2.05, 4.69) is 10.0 Å². The predicted octanol–water partition coefficient (Wildman–Crippen LogP) is 2.70. The molecule has 1 unspecified atom stereocenters. The van der Waals surface area contributed by atoms with Crippen molar-refractivity contribution in [3.63, 3.8) is 0 Å². The van der Waals surface area contributed by atoms with Gasteiger partial charge in [-0.15, -0.1) is 0 Å². The molecule has 158 valence electrons. The van der Waals surface area contributed by atoms with Crippen LogP contribution in [-0.2, 0) is 14.8 Å². The summed E-state index contributed by atoms with van der Waals surface area (Å²) in [5.41, 5.74) is 3.54. The number of hydrogen-bond donors (Lipinski definition) is 2. The summed E-state index contributed by atoms with van der Waals surface area (Å²) in [6.45, 7) is 6.01. The first-order valence-electron chi connectivity index (χ1n) is 9.67. The van der Waals surface area contributed by atoms with Crippen molar-refractivity contribution in [1.29, 1.82) is 0 Å². The standard InChI is InChI=1S/C22H31N3O3S/c1-16-13-17(2)22(18(3)14-16)29(27,28)24-12-11-21(26)23-15-20(25(4)5)19-9-7-6-8-10-19/h6-10,13-14,20,24H,11-12,15H2,1-5H3,(H,23,26). The minimum Gasteiger partial charge on any atom is -0.354 e. The van der Waals surface area contributed by atoms with Gasteiger partial charge in [-0.25, -0.2) is 13.1 Å². The number of amides is 1. The lowest BCUT2D eigenvalue weighted by molar-refractivity contribution is -0.121. The summed E-state index contributed by atoms with van der Waals surface area (Å²) in [6, 6.07) is 13.7. The number of rotatable bonds is 9. The molecule has 1 atom stereocenters. The van der Waals surface area contributed by atoms with Crippen molar-refractivity contribution in [1.82, 2.24) is 14.9 Å². The van der Waals surface area contributed by atoms with Crippen molar-refractivity contribution in [2.24, 2.45) is 0 Å². The van der Waals surface area contributed by atoms with Crippen molar-refractivity contribution < 1.29 is 13.2 Å². The Labute approximate surface area is 174 Å². The number of carbonyl (C=O) groups excluding carboxylic acids is 1. The van der Waals surface area contributed by atoms with Gasteiger partial charge in [-0.1, -0.05) is 48.0 Å². The van der Waals surface area contributed by atoms with Crippen molar-refractivity contribution in [2.45, 2.75) is 38.1 Å². The van der Waals surface area contributed by atoms with Crippen LogP contribution in [0.25, 0.3) is 0 Å². The van der Waals surface area contributed by atoms with Gasteiger partial charge in [0.2, 0.25) is 15.9 Å². The lowest BCUT2D eigenvalue weighted by Gasteiger charge is -2.25. The number of likely N-dealkylation sites (N-methyl/N-ethyl adjacent to an activating group) is 1. The predicted molar refractivity (Wildman–Crippen MR) is 116 cm³/mol. The van der Waals surface area contributed by atoms with Gasteiger partial charge in [-0.05, 0) is 51.6 Å². The van der Waals surface area contributed by atoms with Gasteiger partial charge in [0.15, 0.2) is 0 Å². The molecule has 0 fully saturated rings. The second kappa shape index (κ2) is 10.0. The molecule has 0 spiro atoms. The molecule has 2 N–H and O–H groups in total. The largest absolute Gasteiger partial charge is 0.354 e. The maximum atomic E-state index is 12.7. The van der Waals surface area contributed by atoms with Crippen LogP contribution in [0.3, 0.4) is 0 Å². The van der Waals surface area contributed by atoms with Gasteiger partial charge in [0.1, 0.15) is 0 Å². The van der Waals surface area contributed by atoms with E-state index in [1.807, 2.05) is 68.4 Å². The van der Waals surface area contributed by atoms with Crippen LogP contribution in [0.5, 0.6) is 0 Å². The fourth-order valence-corrected chi connectivity index (χ4v) is 5.02. The normalized spacial score (nSPS) is 12.8. The first kappa shape index (κ1) is 23.1. The number of benzene rings is 2. The Hall–Kier alpha value is -2.22. The summed E-state index contributed by atoms with van der Waals surface area (Å²) in [5, 5.41) is 2.90. The van der Waals surface area contributed by atoms with Crippen molar-refractivity contribution in [3.8, 4) is 0 Å². The molecule has 2 aromatic rings. The zero-order valence-electron chi connectivity index (χ0n) is 17.8. The minimum atomic E-state index is -3.66. The Morgan fingerprint density at radius 1 is 1.03 bits per heavy atom. The Kier molecular flexibility index (Phi) is 7.96.